The van der Waals surface area contributed by atoms with Gasteiger partial charge in [0.1, 0.15) is 5.84 Å². The SMILES string of the molecule is Cc1ccc2c(c1)c1ccc(-c3cc(C(C)(C)C)ccn3)cc1n2-c1cc(C2=N[C@H](C(c3ccccc3)c3ccccc3)CN2c2c(C(C)C)cccc2C(C)C)cc(C(C)C)c1. The second kappa shape index (κ2) is 16.8. The highest BCUT2D eigenvalue weighted by Crippen LogP contribution is 2.43. The number of para-hydroxylation sites is 1. The van der Waals surface area contributed by atoms with Crippen molar-refractivity contribution in [1.82, 2.24) is 9.55 Å². The number of hydrogen-bond acceptors (Lipinski definition) is 3. The molecule has 0 amide bonds. The average molecular weight is 827 g/mol. The van der Waals surface area contributed by atoms with Crippen LogP contribution in [0.4, 0.5) is 5.69 Å². The van der Waals surface area contributed by atoms with Gasteiger partial charge in [0.25, 0.3) is 0 Å². The smallest absolute Gasteiger partial charge is 0.135 e. The lowest BCUT2D eigenvalue weighted by Gasteiger charge is -2.31. The third kappa shape index (κ3) is 8.01. The average Bonchev–Trinajstić information content (AvgIpc) is 3.85. The molecule has 1 aliphatic rings. The van der Waals surface area contributed by atoms with Crippen molar-refractivity contribution < 1.29 is 0 Å². The van der Waals surface area contributed by atoms with Gasteiger partial charge in [-0.15, -0.1) is 0 Å². The van der Waals surface area contributed by atoms with E-state index >= 15 is 0 Å². The van der Waals surface area contributed by atoms with E-state index in [2.05, 4.69) is 224 Å². The predicted molar refractivity (Wildman–Crippen MR) is 269 cm³/mol. The van der Waals surface area contributed by atoms with E-state index in [1.807, 2.05) is 6.20 Å². The molecule has 0 radical (unpaired) electrons. The van der Waals surface area contributed by atoms with Crippen LogP contribution in [-0.4, -0.2) is 28.0 Å². The number of amidine groups is 1. The first-order chi connectivity index (χ1) is 30.3. The largest absolute Gasteiger partial charge is 0.323 e. The molecule has 4 heteroatoms. The fraction of sp³-hybridized carbons (Fsp3) is 0.288. The monoisotopic (exact) mass is 826 g/mol. The van der Waals surface area contributed by atoms with Crippen molar-refractivity contribution in [3.05, 3.63) is 196 Å². The molecule has 0 saturated carbocycles. The van der Waals surface area contributed by atoms with Gasteiger partial charge < -0.3 is 9.47 Å². The Morgan fingerprint density at radius 1 is 0.571 bits per heavy atom. The zero-order valence-corrected chi connectivity index (χ0v) is 38.8. The van der Waals surface area contributed by atoms with E-state index in [1.54, 1.807) is 0 Å². The Kier molecular flexibility index (Phi) is 11.2. The predicted octanol–water partition coefficient (Wildman–Crippen LogP) is 15.3. The molecule has 2 aromatic heterocycles. The zero-order chi connectivity index (χ0) is 44.2. The summed E-state index contributed by atoms with van der Waals surface area (Å²) in [6.45, 7) is 23.7. The number of rotatable bonds is 10. The van der Waals surface area contributed by atoms with Gasteiger partial charge in [0, 0.05) is 51.9 Å². The lowest BCUT2D eigenvalue weighted by Crippen LogP contribution is -2.33. The second-order valence-corrected chi connectivity index (χ2v) is 19.8. The van der Waals surface area contributed by atoms with Crippen LogP contribution >= 0.6 is 0 Å². The number of pyridine rings is 1. The Hall–Kier alpha value is -6.26. The molecule has 3 heterocycles. The molecule has 318 valence electrons. The minimum absolute atomic E-state index is 0.0194. The number of anilines is 1. The van der Waals surface area contributed by atoms with Crippen LogP contribution in [0.25, 0.3) is 38.8 Å². The van der Waals surface area contributed by atoms with E-state index in [4.69, 9.17) is 9.98 Å². The number of aromatic nitrogens is 2. The highest BCUT2D eigenvalue weighted by molar-refractivity contribution is 6.14. The number of benzene rings is 6. The molecule has 0 saturated heterocycles. The van der Waals surface area contributed by atoms with Crippen molar-refractivity contribution in [2.75, 3.05) is 11.4 Å². The van der Waals surface area contributed by atoms with E-state index < -0.39 is 0 Å². The molecule has 0 spiro atoms. The maximum atomic E-state index is 5.94. The van der Waals surface area contributed by atoms with Gasteiger partial charge in [0.15, 0.2) is 0 Å². The van der Waals surface area contributed by atoms with Gasteiger partial charge >= 0.3 is 0 Å². The minimum Gasteiger partial charge on any atom is -0.323 e. The molecule has 9 rings (SSSR count). The van der Waals surface area contributed by atoms with E-state index in [-0.39, 0.29) is 17.4 Å². The Morgan fingerprint density at radius 2 is 1.24 bits per heavy atom. The van der Waals surface area contributed by atoms with Crippen LogP contribution in [0.3, 0.4) is 0 Å². The molecule has 6 aromatic carbocycles. The first kappa shape index (κ1) is 42.1. The van der Waals surface area contributed by atoms with Gasteiger partial charge in [-0.2, -0.15) is 0 Å². The molecule has 4 nitrogen and oxygen atoms in total. The Bertz CT molecular complexity index is 2900. The van der Waals surface area contributed by atoms with E-state index in [1.165, 1.54) is 66.4 Å². The van der Waals surface area contributed by atoms with Crippen molar-refractivity contribution >= 4 is 33.3 Å². The van der Waals surface area contributed by atoms with Gasteiger partial charge in [-0.3, -0.25) is 9.98 Å². The Morgan fingerprint density at radius 3 is 1.86 bits per heavy atom. The van der Waals surface area contributed by atoms with Crippen molar-refractivity contribution in [1.29, 1.82) is 0 Å². The van der Waals surface area contributed by atoms with Crippen molar-refractivity contribution in [2.45, 2.75) is 104 Å². The molecular weight excluding hydrogens is 765 g/mol. The standard InChI is InChI=1S/C59H62N4/c1-37(2)44-31-45(33-47(32-44)63-54-27-24-40(7)30-51(54)50-26-25-43(34-55(50)63)52-35-46(28-29-60-52)59(8,9)10)58-61-53(56(41-18-13-11-14-19-41)42-20-15-12-16-21-42)36-62(58)57-48(38(3)4)22-17-23-49(57)39(5)6/h11-35,37-39,53,56H,36H2,1-10H3/t53-/m0/s1. The molecular formula is C59H62N4. The molecule has 1 atom stereocenters. The summed E-state index contributed by atoms with van der Waals surface area (Å²) in [6, 6.07) is 54.4. The number of fused-ring (bicyclic) bond motifs is 3. The van der Waals surface area contributed by atoms with Crippen LogP contribution in [0, 0.1) is 6.92 Å². The summed E-state index contributed by atoms with van der Waals surface area (Å²) in [5.41, 5.74) is 17.2. The van der Waals surface area contributed by atoms with Crippen LogP contribution < -0.4 is 4.90 Å². The van der Waals surface area contributed by atoms with E-state index in [0.29, 0.717) is 17.8 Å². The normalized spacial score (nSPS) is 14.6. The first-order valence-corrected chi connectivity index (χ1v) is 23.0. The molecule has 8 aromatic rings. The third-order valence-corrected chi connectivity index (χ3v) is 13.2. The van der Waals surface area contributed by atoms with Crippen LogP contribution in [0.1, 0.15) is 130 Å². The van der Waals surface area contributed by atoms with Crippen LogP contribution in [0.2, 0.25) is 0 Å². The Balaban J connectivity index is 1.30. The number of aliphatic imine (C=N–C) groups is 1. The summed E-state index contributed by atoms with van der Waals surface area (Å²) in [5, 5.41) is 2.49. The number of nitrogens with zero attached hydrogens (tertiary/aromatic N) is 4. The Labute approximate surface area is 375 Å². The summed E-state index contributed by atoms with van der Waals surface area (Å²) in [5.74, 6) is 2.09. The summed E-state index contributed by atoms with van der Waals surface area (Å²) in [6.07, 6.45) is 1.96. The topological polar surface area (TPSA) is 33.4 Å². The maximum absolute atomic E-state index is 5.94. The summed E-state index contributed by atoms with van der Waals surface area (Å²) in [7, 11) is 0. The van der Waals surface area contributed by atoms with E-state index in [9.17, 15) is 0 Å². The van der Waals surface area contributed by atoms with Crippen molar-refractivity contribution in [2.24, 2.45) is 4.99 Å². The van der Waals surface area contributed by atoms with E-state index in [0.717, 1.165) is 34.9 Å². The molecule has 0 N–H and O–H groups in total. The number of aryl methyl sites for hydroxylation is 1. The molecule has 0 fully saturated rings. The highest BCUT2D eigenvalue weighted by Gasteiger charge is 2.37. The summed E-state index contributed by atoms with van der Waals surface area (Å²) in [4.78, 5) is 13.4. The lowest BCUT2D eigenvalue weighted by molar-refractivity contribution is 0.589. The van der Waals surface area contributed by atoms with Gasteiger partial charge in [-0.1, -0.05) is 165 Å². The minimum atomic E-state index is -0.0219. The third-order valence-electron chi connectivity index (χ3n) is 13.2. The molecule has 0 aliphatic carbocycles. The summed E-state index contributed by atoms with van der Waals surface area (Å²) < 4.78 is 2.49. The second-order valence-electron chi connectivity index (χ2n) is 19.8. The molecule has 1 aliphatic heterocycles. The maximum Gasteiger partial charge on any atom is 0.135 e. The van der Waals surface area contributed by atoms with Gasteiger partial charge in [0.05, 0.1) is 22.8 Å². The zero-order valence-electron chi connectivity index (χ0n) is 38.8. The van der Waals surface area contributed by atoms with Crippen molar-refractivity contribution in [3.8, 4) is 16.9 Å². The summed E-state index contributed by atoms with van der Waals surface area (Å²) >= 11 is 0. The van der Waals surface area contributed by atoms with Crippen LogP contribution in [0.5, 0.6) is 0 Å². The molecule has 0 unspecified atom stereocenters. The van der Waals surface area contributed by atoms with Crippen LogP contribution in [-0.2, 0) is 5.41 Å². The number of hydrogen-bond donors (Lipinski definition) is 0. The van der Waals surface area contributed by atoms with Gasteiger partial charge in [0.2, 0.25) is 0 Å². The van der Waals surface area contributed by atoms with Crippen molar-refractivity contribution in [3.63, 3.8) is 0 Å². The molecule has 0 bridgehead atoms. The fourth-order valence-corrected chi connectivity index (χ4v) is 9.78. The van der Waals surface area contributed by atoms with Crippen LogP contribution in [0.15, 0.2) is 157 Å². The van der Waals surface area contributed by atoms with Gasteiger partial charge in [-0.25, -0.2) is 0 Å². The highest BCUT2D eigenvalue weighted by atomic mass is 15.3. The lowest BCUT2D eigenvalue weighted by atomic mass is 9.85. The quantitative estimate of drug-likeness (QED) is 0.138. The van der Waals surface area contributed by atoms with Gasteiger partial charge in [-0.05, 0) is 112 Å². The fourth-order valence-electron chi connectivity index (χ4n) is 9.78. The first-order valence-electron chi connectivity index (χ1n) is 23.0. The molecule has 63 heavy (non-hydrogen) atoms.